The third-order valence-electron chi connectivity index (χ3n) is 4.49. The first kappa shape index (κ1) is 15.8. The third-order valence-corrected chi connectivity index (χ3v) is 4.80. The van der Waals surface area contributed by atoms with Gasteiger partial charge in [-0.25, -0.2) is 4.98 Å². The number of nitriles is 1. The lowest BCUT2D eigenvalue weighted by Crippen LogP contribution is -2.47. The van der Waals surface area contributed by atoms with Gasteiger partial charge in [-0.3, -0.25) is 9.47 Å². The Morgan fingerprint density at radius 2 is 1.92 bits per heavy atom. The van der Waals surface area contributed by atoms with Crippen molar-refractivity contribution >= 4 is 29.1 Å². The standard InChI is InChI=1S/C18H17N5OS/c19-12-14-4-3-7-20-17(14)22-10-8-21(9-11-22)13-23-15-5-1-2-6-16(15)24-18(23)25/h1-7H,8-11,13H2. The van der Waals surface area contributed by atoms with Crippen LogP contribution < -0.4 is 4.90 Å². The van der Waals surface area contributed by atoms with Gasteiger partial charge in [-0.1, -0.05) is 12.1 Å². The largest absolute Gasteiger partial charge is 0.429 e. The van der Waals surface area contributed by atoms with E-state index < -0.39 is 0 Å². The van der Waals surface area contributed by atoms with Crippen LogP contribution >= 0.6 is 12.2 Å². The Balaban J connectivity index is 1.48. The highest BCUT2D eigenvalue weighted by molar-refractivity contribution is 7.71. The van der Waals surface area contributed by atoms with Gasteiger partial charge in [-0.15, -0.1) is 0 Å². The van der Waals surface area contributed by atoms with Gasteiger partial charge in [0.2, 0.25) is 0 Å². The Labute approximate surface area is 150 Å². The lowest BCUT2D eigenvalue weighted by Gasteiger charge is -2.35. The van der Waals surface area contributed by atoms with Gasteiger partial charge in [-0.05, 0) is 36.5 Å². The maximum absolute atomic E-state index is 9.25. The second-order valence-corrected chi connectivity index (χ2v) is 6.35. The van der Waals surface area contributed by atoms with Crippen LogP contribution in [0, 0.1) is 16.2 Å². The zero-order chi connectivity index (χ0) is 17.2. The van der Waals surface area contributed by atoms with Crippen LogP contribution in [-0.4, -0.2) is 40.6 Å². The molecule has 7 heteroatoms. The van der Waals surface area contributed by atoms with Gasteiger partial charge in [0.1, 0.15) is 11.9 Å². The second-order valence-electron chi connectivity index (χ2n) is 6.00. The van der Waals surface area contributed by atoms with Gasteiger partial charge in [0.05, 0.1) is 17.7 Å². The van der Waals surface area contributed by atoms with Crippen LogP contribution in [0.5, 0.6) is 0 Å². The molecule has 0 aliphatic carbocycles. The summed E-state index contributed by atoms with van der Waals surface area (Å²) in [6.07, 6.45) is 1.74. The molecule has 1 saturated heterocycles. The third kappa shape index (κ3) is 3.02. The minimum atomic E-state index is 0.500. The summed E-state index contributed by atoms with van der Waals surface area (Å²) in [4.78, 5) is 9.38. The molecule has 1 aliphatic rings. The molecule has 3 aromatic rings. The smallest absolute Gasteiger partial charge is 0.270 e. The average molecular weight is 351 g/mol. The quantitative estimate of drug-likeness (QED) is 0.676. The Morgan fingerprint density at radius 3 is 2.72 bits per heavy atom. The van der Waals surface area contributed by atoms with Gasteiger partial charge in [0.15, 0.2) is 5.58 Å². The molecule has 25 heavy (non-hydrogen) atoms. The lowest BCUT2D eigenvalue weighted by atomic mass is 10.2. The van der Waals surface area contributed by atoms with Crippen molar-refractivity contribution in [1.29, 1.82) is 5.26 Å². The zero-order valence-electron chi connectivity index (χ0n) is 13.6. The van der Waals surface area contributed by atoms with E-state index >= 15 is 0 Å². The van der Waals surface area contributed by atoms with E-state index in [1.165, 1.54) is 0 Å². The number of fused-ring (bicyclic) bond motifs is 1. The molecule has 126 valence electrons. The molecule has 1 aromatic carbocycles. The maximum Gasteiger partial charge on any atom is 0.270 e. The lowest BCUT2D eigenvalue weighted by molar-refractivity contribution is 0.204. The highest BCUT2D eigenvalue weighted by Gasteiger charge is 2.21. The fraction of sp³-hybridized carbons (Fsp3) is 0.278. The number of benzene rings is 1. The zero-order valence-corrected chi connectivity index (χ0v) is 14.4. The Morgan fingerprint density at radius 1 is 1.12 bits per heavy atom. The number of hydrogen-bond acceptors (Lipinski definition) is 6. The first-order valence-electron chi connectivity index (χ1n) is 8.17. The second kappa shape index (κ2) is 6.67. The molecule has 6 nitrogen and oxygen atoms in total. The number of pyridine rings is 1. The number of oxazole rings is 1. The minimum absolute atomic E-state index is 0.500. The molecule has 2 aromatic heterocycles. The number of para-hydroxylation sites is 2. The molecule has 1 aliphatic heterocycles. The summed E-state index contributed by atoms with van der Waals surface area (Å²) >= 11 is 5.37. The van der Waals surface area contributed by atoms with Crippen molar-refractivity contribution in [3.05, 3.63) is 53.0 Å². The monoisotopic (exact) mass is 351 g/mol. The molecule has 0 amide bonds. The minimum Gasteiger partial charge on any atom is -0.429 e. The molecule has 0 bridgehead atoms. The van der Waals surface area contributed by atoms with Crippen molar-refractivity contribution in [2.45, 2.75) is 6.67 Å². The topological polar surface area (TPSA) is 61.2 Å². The molecule has 0 saturated carbocycles. The molecule has 0 atom stereocenters. The van der Waals surface area contributed by atoms with Crippen molar-refractivity contribution in [3.63, 3.8) is 0 Å². The highest BCUT2D eigenvalue weighted by atomic mass is 32.1. The summed E-state index contributed by atoms with van der Waals surface area (Å²) in [6.45, 7) is 4.12. The van der Waals surface area contributed by atoms with Crippen molar-refractivity contribution in [2.75, 3.05) is 31.1 Å². The fourth-order valence-corrected chi connectivity index (χ4v) is 3.43. The number of hydrogen-bond donors (Lipinski definition) is 0. The van der Waals surface area contributed by atoms with Crippen LogP contribution in [0.2, 0.25) is 0 Å². The number of piperazine rings is 1. The van der Waals surface area contributed by atoms with Gasteiger partial charge < -0.3 is 9.32 Å². The predicted octanol–water partition coefficient (Wildman–Crippen LogP) is 3.01. The number of rotatable bonds is 3. The molecule has 0 spiro atoms. The first-order chi connectivity index (χ1) is 12.3. The van der Waals surface area contributed by atoms with Gasteiger partial charge in [-0.2, -0.15) is 5.26 Å². The van der Waals surface area contributed by atoms with Gasteiger partial charge in [0.25, 0.3) is 4.84 Å². The Kier molecular flexibility index (Phi) is 4.22. The van der Waals surface area contributed by atoms with E-state index in [1.54, 1.807) is 12.3 Å². The summed E-state index contributed by atoms with van der Waals surface area (Å²) in [5, 5.41) is 9.25. The SMILES string of the molecule is N#Cc1cccnc1N1CCN(Cn2c(=S)oc3ccccc32)CC1. The summed E-state index contributed by atoms with van der Waals surface area (Å²) < 4.78 is 7.69. The van der Waals surface area contributed by atoms with Gasteiger partial charge >= 0.3 is 0 Å². The molecule has 0 N–H and O–H groups in total. The van der Waals surface area contributed by atoms with E-state index in [0.29, 0.717) is 17.1 Å². The van der Waals surface area contributed by atoms with Crippen LogP contribution in [0.3, 0.4) is 0 Å². The number of nitrogens with zero attached hydrogens (tertiary/aromatic N) is 5. The molecule has 3 heterocycles. The van der Waals surface area contributed by atoms with Crippen molar-refractivity contribution in [3.8, 4) is 6.07 Å². The normalized spacial score (nSPS) is 15.4. The van der Waals surface area contributed by atoms with Crippen LogP contribution in [0.4, 0.5) is 5.82 Å². The van der Waals surface area contributed by atoms with E-state index in [4.69, 9.17) is 16.6 Å². The molecular formula is C18H17N5OS. The molecule has 0 unspecified atom stereocenters. The van der Waals surface area contributed by atoms with E-state index in [9.17, 15) is 5.26 Å². The number of aromatic nitrogens is 2. The van der Waals surface area contributed by atoms with Crippen LogP contribution in [-0.2, 0) is 6.67 Å². The Hall–Kier alpha value is -2.69. The maximum atomic E-state index is 9.25. The molecule has 1 fully saturated rings. The molecule has 0 radical (unpaired) electrons. The van der Waals surface area contributed by atoms with Crippen LogP contribution in [0.15, 0.2) is 47.0 Å². The molecular weight excluding hydrogens is 334 g/mol. The molecule has 4 rings (SSSR count). The van der Waals surface area contributed by atoms with E-state index in [1.807, 2.05) is 34.9 Å². The van der Waals surface area contributed by atoms with Gasteiger partial charge in [0, 0.05) is 32.4 Å². The average Bonchev–Trinajstić information content (AvgIpc) is 2.98. The van der Waals surface area contributed by atoms with Crippen molar-refractivity contribution < 1.29 is 4.42 Å². The highest BCUT2D eigenvalue weighted by Crippen LogP contribution is 2.20. The Bertz CT molecular complexity index is 994. The van der Waals surface area contributed by atoms with E-state index in [2.05, 4.69) is 20.9 Å². The van der Waals surface area contributed by atoms with Crippen LogP contribution in [0.25, 0.3) is 11.1 Å². The van der Waals surface area contributed by atoms with Crippen molar-refractivity contribution in [2.24, 2.45) is 0 Å². The number of anilines is 1. The summed E-state index contributed by atoms with van der Waals surface area (Å²) in [5.41, 5.74) is 2.46. The first-order valence-corrected chi connectivity index (χ1v) is 8.58. The predicted molar refractivity (Wildman–Crippen MR) is 97.8 cm³/mol. The summed E-state index contributed by atoms with van der Waals surface area (Å²) in [5.74, 6) is 0.773. The summed E-state index contributed by atoms with van der Waals surface area (Å²) in [7, 11) is 0. The van der Waals surface area contributed by atoms with Crippen LogP contribution in [0.1, 0.15) is 5.56 Å². The van der Waals surface area contributed by atoms with E-state index in [-0.39, 0.29) is 0 Å². The fourth-order valence-electron chi connectivity index (χ4n) is 3.19. The summed E-state index contributed by atoms with van der Waals surface area (Å²) in [6, 6.07) is 13.7. The van der Waals surface area contributed by atoms with E-state index in [0.717, 1.165) is 43.1 Å². The van der Waals surface area contributed by atoms with Crippen molar-refractivity contribution in [1.82, 2.24) is 14.5 Å².